The number of benzene rings is 2. The standard InChI is InChI=1S/C18H16ClF3N2O3/c19-13-8-15-16(27-7-1-6-26-15)9-14(13)23-10-17(25)24-12-4-2-11(3-5-12)18(20,21)22/h2-5,8-9,23H,1,6-7,10H2,(H,24,25). The summed E-state index contributed by atoms with van der Waals surface area (Å²) in [5.74, 6) is 0.637. The number of carbonyl (C=O) groups is 1. The second kappa shape index (κ2) is 7.96. The van der Waals surface area contributed by atoms with E-state index in [2.05, 4.69) is 10.6 Å². The molecule has 144 valence electrons. The van der Waals surface area contributed by atoms with Gasteiger partial charge in [-0.15, -0.1) is 0 Å². The van der Waals surface area contributed by atoms with E-state index in [1.807, 2.05) is 0 Å². The van der Waals surface area contributed by atoms with Crippen LogP contribution in [0.1, 0.15) is 12.0 Å². The van der Waals surface area contributed by atoms with Crippen LogP contribution in [0.25, 0.3) is 0 Å². The Balaban J connectivity index is 1.60. The highest BCUT2D eigenvalue weighted by atomic mass is 35.5. The number of hydrogen-bond donors (Lipinski definition) is 2. The number of anilines is 2. The molecule has 2 aromatic rings. The Morgan fingerprint density at radius 3 is 2.33 bits per heavy atom. The molecular weight excluding hydrogens is 385 g/mol. The smallest absolute Gasteiger partial charge is 0.416 e. The van der Waals surface area contributed by atoms with Gasteiger partial charge in [0.05, 0.1) is 36.0 Å². The van der Waals surface area contributed by atoms with Crippen LogP contribution >= 0.6 is 11.6 Å². The first kappa shape index (κ1) is 19.2. The maximum atomic E-state index is 12.5. The molecule has 0 atom stereocenters. The third-order valence-corrected chi connectivity index (χ3v) is 4.09. The van der Waals surface area contributed by atoms with Crippen molar-refractivity contribution in [3.8, 4) is 11.5 Å². The van der Waals surface area contributed by atoms with E-state index in [9.17, 15) is 18.0 Å². The van der Waals surface area contributed by atoms with Gasteiger partial charge in [-0.1, -0.05) is 11.6 Å². The maximum Gasteiger partial charge on any atom is 0.416 e. The van der Waals surface area contributed by atoms with Gasteiger partial charge < -0.3 is 20.1 Å². The minimum atomic E-state index is -4.42. The van der Waals surface area contributed by atoms with Crippen LogP contribution in [0.4, 0.5) is 24.5 Å². The van der Waals surface area contributed by atoms with Crippen LogP contribution in [0.15, 0.2) is 36.4 Å². The van der Waals surface area contributed by atoms with E-state index in [0.717, 1.165) is 18.6 Å². The summed E-state index contributed by atoms with van der Waals surface area (Å²) in [6.07, 6.45) is -3.66. The van der Waals surface area contributed by atoms with E-state index in [-0.39, 0.29) is 12.2 Å². The fourth-order valence-electron chi connectivity index (χ4n) is 2.44. The van der Waals surface area contributed by atoms with Crippen LogP contribution in [0.2, 0.25) is 5.02 Å². The van der Waals surface area contributed by atoms with Crippen molar-refractivity contribution in [2.75, 3.05) is 30.4 Å². The van der Waals surface area contributed by atoms with Gasteiger partial charge in [0.2, 0.25) is 5.91 Å². The van der Waals surface area contributed by atoms with E-state index in [0.29, 0.717) is 35.4 Å². The summed E-state index contributed by atoms with van der Waals surface area (Å²) in [6, 6.07) is 7.46. The van der Waals surface area contributed by atoms with Gasteiger partial charge in [-0.05, 0) is 24.3 Å². The summed E-state index contributed by atoms with van der Waals surface area (Å²) in [5.41, 5.74) is -0.0272. The molecule has 0 spiro atoms. The van der Waals surface area contributed by atoms with E-state index >= 15 is 0 Å². The molecule has 1 heterocycles. The van der Waals surface area contributed by atoms with Gasteiger partial charge in [0.15, 0.2) is 11.5 Å². The molecule has 2 aromatic carbocycles. The molecule has 0 radical (unpaired) electrons. The average Bonchev–Trinajstić information content (AvgIpc) is 2.84. The minimum Gasteiger partial charge on any atom is -0.490 e. The van der Waals surface area contributed by atoms with Crippen LogP contribution in [-0.4, -0.2) is 25.7 Å². The number of ether oxygens (including phenoxy) is 2. The maximum absolute atomic E-state index is 12.5. The Bertz CT molecular complexity index is 826. The molecule has 3 rings (SSSR count). The second-order valence-corrected chi connectivity index (χ2v) is 6.21. The number of amides is 1. The fourth-order valence-corrected chi connectivity index (χ4v) is 2.66. The van der Waals surface area contributed by atoms with Crippen molar-refractivity contribution in [1.29, 1.82) is 0 Å². The predicted molar refractivity (Wildman–Crippen MR) is 95.6 cm³/mol. The number of rotatable bonds is 4. The molecule has 9 heteroatoms. The monoisotopic (exact) mass is 400 g/mol. The lowest BCUT2D eigenvalue weighted by molar-refractivity contribution is -0.137. The van der Waals surface area contributed by atoms with Gasteiger partial charge in [-0.3, -0.25) is 4.79 Å². The summed E-state index contributed by atoms with van der Waals surface area (Å²) in [4.78, 5) is 12.0. The molecule has 0 fully saturated rings. The molecule has 0 saturated carbocycles. The zero-order chi connectivity index (χ0) is 19.4. The van der Waals surface area contributed by atoms with Gasteiger partial charge in [-0.2, -0.15) is 13.2 Å². The molecule has 0 unspecified atom stereocenters. The summed E-state index contributed by atoms with van der Waals surface area (Å²) in [6.45, 7) is 0.925. The van der Waals surface area contributed by atoms with Crippen molar-refractivity contribution < 1.29 is 27.4 Å². The van der Waals surface area contributed by atoms with Crippen molar-refractivity contribution in [2.24, 2.45) is 0 Å². The highest BCUT2D eigenvalue weighted by Crippen LogP contribution is 2.37. The Morgan fingerprint density at radius 2 is 1.70 bits per heavy atom. The highest BCUT2D eigenvalue weighted by molar-refractivity contribution is 6.33. The molecule has 0 aromatic heterocycles. The molecule has 1 amide bonds. The third kappa shape index (κ3) is 4.97. The average molecular weight is 401 g/mol. The number of alkyl halides is 3. The highest BCUT2D eigenvalue weighted by Gasteiger charge is 2.30. The molecule has 1 aliphatic rings. The first-order valence-electron chi connectivity index (χ1n) is 8.13. The van der Waals surface area contributed by atoms with Crippen molar-refractivity contribution in [2.45, 2.75) is 12.6 Å². The van der Waals surface area contributed by atoms with Gasteiger partial charge in [-0.25, -0.2) is 0 Å². The number of nitrogens with one attached hydrogen (secondary N) is 2. The lowest BCUT2D eigenvalue weighted by atomic mass is 10.2. The first-order valence-corrected chi connectivity index (χ1v) is 8.51. The number of halogens is 4. The van der Waals surface area contributed by atoms with Crippen molar-refractivity contribution in [1.82, 2.24) is 0 Å². The summed E-state index contributed by atoms with van der Waals surface area (Å²) in [5, 5.41) is 5.76. The number of carbonyl (C=O) groups excluding carboxylic acids is 1. The van der Waals surface area contributed by atoms with E-state index in [1.165, 1.54) is 12.1 Å². The predicted octanol–water partition coefficient (Wildman–Crippen LogP) is 4.57. The fraction of sp³-hybridized carbons (Fsp3) is 0.278. The molecule has 0 saturated heterocycles. The van der Waals surface area contributed by atoms with Gasteiger partial charge in [0, 0.05) is 24.2 Å². The molecule has 0 aliphatic carbocycles. The van der Waals surface area contributed by atoms with Gasteiger partial charge >= 0.3 is 6.18 Å². The number of fused-ring (bicyclic) bond motifs is 1. The van der Waals surface area contributed by atoms with E-state index in [1.54, 1.807) is 12.1 Å². The molecule has 5 nitrogen and oxygen atoms in total. The lowest BCUT2D eigenvalue weighted by Gasteiger charge is -2.13. The number of hydrogen-bond acceptors (Lipinski definition) is 4. The normalized spacial score (nSPS) is 13.6. The zero-order valence-corrected chi connectivity index (χ0v) is 14.8. The Kier molecular flexibility index (Phi) is 5.65. The van der Waals surface area contributed by atoms with Gasteiger partial charge in [0.25, 0.3) is 0 Å². The van der Waals surface area contributed by atoms with Crippen LogP contribution in [-0.2, 0) is 11.0 Å². The summed E-state index contributed by atoms with van der Waals surface area (Å²) < 4.78 is 48.7. The molecule has 1 aliphatic heterocycles. The van der Waals surface area contributed by atoms with Crippen molar-refractivity contribution >= 4 is 28.9 Å². The second-order valence-electron chi connectivity index (χ2n) is 5.81. The quantitative estimate of drug-likeness (QED) is 0.789. The van der Waals surface area contributed by atoms with E-state index < -0.39 is 17.6 Å². The first-order chi connectivity index (χ1) is 12.8. The Morgan fingerprint density at radius 1 is 1.07 bits per heavy atom. The van der Waals surface area contributed by atoms with Gasteiger partial charge in [0.1, 0.15) is 0 Å². The molecule has 27 heavy (non-hydrogen) atoms. The molecule has 2 N–H and O–H groups in total. The summed E-state index contributed by atoms with van der Waals surface area (Å²) >= 11 is 6.18. The summed E-state index contributed by atoms with van der Waals surface area (Å²) in [7, 11) is 0. The van der Waals surface area contributed by atoms with Crippen molar-refractivity contribution in [3.63, 3.8) is 0 Å². The lowest BCUT2D eigenvalue weighted by Crippen LogP contribution is -2.22. The Hall–Kier alpha value is -2.61. The Labute approximate surface area is 158 Å². The van der Waals surface area contributed by atoms with E-state index in [4.69, 9.17) is 21.1 Å². The SMILES string of the molecule is O=C(CNc1cc2c(cc1Cl)OCCCO2)Nc1ccc(C(F)(F)F)cc1. The zero-order valence-electron chi connectivity index (χ0n) is 14.0. The van der Waals surface area contributed by atoms with Crippen LogP contribution in [0, 0.1) is 0 Å². The minimum absolute atomic E-state index is 0.125. The van der Waals surface area contributed by atoms with Crippen LogP contribution in [0.3, 0.4) is 0 Å². The topological polar surface area (TPSA) is 59.6 Å². The largest absolute Gasteiger partial charge is 0.490 e. The van der Waals surface area contributed by atoms with Crippen LogP contribution in [0.5, 0.6) is 11.5 Å². The molecular formula is C18H16ClF3N2O3. The van der Waals surface area contributed by atoms with Crippen LogP contribution < -0.4 is 20.1 Å². The van der Waals surface area contributed by atoms with Crippen molar-refractivity contribution in [3.05, 3.63) is 47.0 Å². The molecule has 0 bridgehead atoms. The third-order valence-electron chi connectivity index (χ3n) is 3.77.